The molecular formula is C56H103NO5. The fourth-order valence-corrected chi connectivity index (χ4v) is 8.09. The van der Waals surface area contributed by atoms with E-state index in [1.54, 1.807) is 0 Å². The van der Waals surface area contributed by atoms with Gasteiger partial charge in [0.1, 0.15) is 6.10 Å². The highest BCUT2D eigenvalue weighted by molar-refractivity contribution is 5.77. The first kappa shape index (κ1) is 59.8. The number of ether oxygens (including phenoxy) is 1. The summed E-state index contributed by atoms with van der Waals surface area (Å²) in [5.74, 6) is -0.508. The van der Waals surface area contributed by atoms with Gasteiger partial charge in [0.25, 0.3) is 0 Å². The van der Waals surface area contributed by atoms with Crippen molar-refractivity contribution in [2.75, 3.05) is 6.61 Å². The van der Waals surface area contributed by atoms with E-state index in [0.29, 0.717) is 19.3 Å². The number of allylic oxidation sites excluding steroid dienone is 8. The molecule has 0 fully saturated rings. The number of unbranched alkanes of at least 4 members (excludes halogenated alkanes) is 28. The molecule has 0 aromatic heterocycles. The first-order valence-corrected chi connectivity index (χ1v) is 26.9. The Labute approximate surface area is 385 Å². The van der Waals surface area contributed by atoms with Gasteiger partial charge in [-0.3, -0.25) is 9.59 Å². The van der Waals surface area contributed by atoms with Crippen molar-refractivity contribution >= 4 is 11.9 Å². The number of rotatable bonds is 48. The number of aliphatic hydroxyl groups is 2. The van der Waals surface area contributed by atoms with E-state index in [-0.39, 0.29) is 24.9 Å². The van der Waals surface area contributed by atoms with Crippen LogP contribution in [0.15, 0.2) is 48.6 Å². The molecule has 0 saturated carbocycles. The van der Waals surface area contributed by atoms with E-state index in [1.807, 2.05) is 0 Å². The van der Waals surface area contributed by atoms with Crippen molar-refractivity contribution in [1.29, 1.82) is 0 Å². The Morgan fingerprint density at radius 2 is 0.871 bits per heavy atom. The number of carbonyl (C=O) groups excluding carboxylic acids is 2. The molecule has 0 aliphatic carbocycles. The average molecular weight is 870 g/mol. The summed E-state index contributed by atoms with van der Waals surface area (Å²) in [7, 11) is 0. The van der Waals surface area contributed by atoms with Crippen LogP contribution in [0.1, 0.15) is 271 Å². The van der Waals surface area contributed by atoms with E-state index < -0.39 is 18.2 Å². The molecule has 1 amide bonds. The molecule has 62 heavy (non-hydrogen) atoms. The molecule has 0 aliphatic rings. The molecule has 6 nitrogen and oxygen atoms in total. The minimum atomic E-state index is -0.796. The van der Waals surface area contributed by atoms with Crippen molar-refractivity contribution in [3.63, 3.8) is 0 Å². The van der Waals surface area contributed by atoms with Crippen LogP contribution in [0.3, 0.4) is 0 Å². The SMILES string of the molecule is CC/C=C/C/C=C/C/C=C/CCCCCCC(CC(=O)NC(CO)C(O)CCCCCCCCCCCCCCCCC)OC(=O)CCCCC/C=C\CCCCCCCCC. The predicted octanol–water partition coefficient (Wildman–Crippen LogP) is 16.2. The van der Waals surface area contributed by atoms with Crippen molar-refractivity contribution < 1.29 is 24.5 Å². The highest BCUT2D eigenvalue weighted by Crippen LogP contribution is 2.18. The lowest BCUT2D eigenvalue weighted by Crippen LogP contribution is -2.46. The molecular weight excluding hydrogens is 767 g/mol. The van der Waals surface area contributed by atoms with Crippen LogP contribution in [0.2, 0.25) is 0 Å². The summed E-state index contributed by atoms with van der Waals surface area (Å²) >= 11 is 0. The molecule has 6 heteroatoms. The maximum Gasteiger partial charge on any atom is 0.306 e. The predicted molar refractivity (Wildman–Crippen MR) is 269 cm³/mol. The van der Waals surface area contributed by atoms with Crippen molar-refractivity contribution in [2.24, 2.45) is 0 Å². The molecule has 0 radical (unpaired) electrons. The number of amides is 1. The second-order valence-corrected chi connectivity index (χ2v) is 18.2. The topological polar surface area (TPSA) is 95.9 Å². The van der Waals surface area contributed by atoms with Gasteiger partial charge in [-0.15, -0.1) is 0 Å². The summed E-state index contributed by atoms with van der Waals surface area (Å²) in [5.41, 5.74) is 0. The zero-order valence-corrected chi connectivity index (χ0v) is 41.3. The van der Waals surface area contributed by atoms with E-state index in [4.69, 9.17) is 4.74 Å². The van der Waals surface area contributed by atoms with Gasteiger partial charge in [0, 0.05) is 6.42 Å². The lowest BCUT2D eigenvalue weighted by atomic mass is 10.0. The number of hydrogen-bond donors (Lipinski definition) is 3. The summed E-state index contributed by atoms with van der Waals surface area (Å²) in [6.07, 6.45) is 60.3. The highest BCUT2D eigenvalue weighted by atomic mass is 16.5. The van der Waals surface area contributed by atoms with Crippen LogP contribution in [0.4, 0.5) is 0 Å². The minimum absolute atomic E-state index is 0.0575. The van der Waals surface area contributed by atoms with Gasteiger partial charge < -0.3 is 20.3 Å². The van der Waals surface area contributed by atoms with Crippen LogP contribution in [-0.2, 0) is 14.3 Å². The van der Waals surface area contributed by atoms with Gasteiger partial charge in [-0.25, -0.2) is 0 Å². The molecule has 0 spiro atoms. The van der Waals surface area contributed by atoms with Crippen molar-refractivity contribution in [3.8, 4) is 0 Å². The molecule has 0 rings (SSSR count). The zero-order valence-electron chi connectivity index (χ0n) is 41.3. The first-order chi connectivity index (χ1) is 30.5. The van der Waals surface area contributed by atoms with Gasteiger partial charge in [-0.1, -0.05) is 223 Å². The maximum atomic E-state index is 13.2. The fourth-order valence-electron chi connectivity index (χ4n) is 8.09. The monoisotopic (exact) mass is 870 g/mol. The Balaban J connectivity index is 4.60. The smallest absolute Gasteiger partial charge is 0.306 e. The van der Waals surface area contributed by atoms with Gasteiger partial charge in [-0.05, 0) is 83.5 Å². The third-order valence-corrected chi connectivity index (χ3v) is 12.1. The lowest BCUT2D eigenvalue weighted by molar-refractivity contribution is -0.151. The standard InChI is InChI=1S/C56H103NO5/c1-4-7-10-13-16-19-22-25-28-30-33-36-39-42-45-48-54(59)53(51-58)57-55(60)50-52(47-44-41-38-35-32-29-26-23-20-17-14-11-8-5-2)62-56(61)49-46-43-40-37-34-31-27-24-21-18-15-12-9-6-3/h8,11,17,20,26,29,31,34,52-54,58-59H,4-7,9-10,12-16,18-19,21-25,27-28,30,32-33,35-51H2,1-3H3,(H,57,60)/b11-8+,20-17+,29-26+,34-31-. The molecule has 0 aromatic rings. The van der Waals surface area contributed by atoms with Gasteiger partial charge in [0.05, 0.1) is 25.2 Å². The molecule has 3 unspecified atom stereocenters. The third kappa shape index (κ3) is 44.4. The number of carbonyl (C=O) groups is 2. The number of esters is 1. The lowest BCUT2D eigenvalue weighted by Gasteiger charge is -2.24. The Morgan fingerprint density at radius 1 is 0.484 bits per heavy atom. The summed E-state index contributed by atoms with van der Waals surface area (Å²) in [6, 6.07) is -0.712. The summed E-state index contributed by atoms with van der Waals surface area (Å²) in [4.78, 5) is 26.2. The highest BCUT2D eigenvalue weighted by Gasteiger charge is 2.24. The van der Waals surface area contributed by atoms with E-state index in [9.17, 15) is 19.8 Å². The Hall–Kier alpha value is -2.18. The van der Waals surface area contributed by atoms with Crippen LogP contribution in [0.5, 0.6) is 0 Å². The number of nitrogens with one attached hydrogen (secondary N) is 1. The molecule has 0 heterocycles. The molecule has 0 aromatic carbocycles. The van der Waals surface area contributed by atoms with E-state index in [1.165, 1.54) is 128 Å². The van der Waals surface area contributed by atoms with Gasteiger partial charge in [0.2, 0.25) is 5.91 Å². The van der Waals surface area contributed by atoms with E-state index in [2.05, 4.69) is 74.7 Å². The summed E-state index contributed by atoms with van der Waals surface area (Å²) in [6.45, 7) is 6.37. The fraction of sp³-hybridized carbons (Fsp3) is 0.821. The minimum Gasteiger partial charge on any atom is -0.462 e. The van der Waals surface area contributed by atoms with Gasteiger partial charge in [-0.2, -0.15) is 0 Å². The first-order valence-electron chi connectivity index (χ1n) is 26.9. The molecule has 3 atom stereocenters. The number of hydrogen-bond acceptors (Lipinski definition) is 5. The molecule has 0 bridgehead atoms. The van der Waals surface area contributed by atoms with E-state index in [0.717, 1.165) is 96.3 Å². The van der Waals surface area contributed by atoms with Crippen LogP contribution >= 0.6 is 0 Å². The Morgan fingerprint density at radius 3 is 1.34 bits per heavy atom. The largest absolute Gasteiger partial charge is 0.462 e. The summed E-state index contributed by atoms with van der Waals surface area (Å²) < 4.78 is 5.92. The maximum absolute atomic E-state index is 13.2. The normalized spacial score (nSPS) is 13.6. The molecule has 362 valence electrons. The molecule has 3 N–H and O–H groups in total. The van der Waals surface area contributed by atoms with E-state index >= 15 is 0 Å². The van der Waals surface area contributed by atoms with Crippen LogP contribution in [0.25, 0.3) is 0 Å². The van der Waals surface area contributed by atoms with Crippen LogP contribution in [0, 0.1) is 0 Å². The zero-order chi connectivity index (χ0) is 45.2. The quantitative estimate of drug-likeness (QED) is 0.0322. The van der Waals surface area contributed by atoms with Crippen molar-refractivity contribution in [2.45, 2.75) is 289 Å². The van der Waals surface area contributed by atoms with Crippen LogP contribution < -0.4 is 5.32 Å². The Bertz CT molecular complexity index is 1070. The van der Waals surface area contributed by atoms with Crippen LogP contribution in [-0.4, -0.2) is 46.9 Å². The second kappa shape index (κ2) is 49.8. The summed E-state index contributed by atoms with van der Waals surface area (Å²) in [5, 5.41) is 23.8. The van der Waals surface area contributed by atoms with Crippen molar-refractivity contribution in [1.82, 2.24) is 5.32 Å². The number of aliphatic hydroxyl groups excluding tert-OH is 2. The van der Waals surface area contributed by atoms with Crippen molar-refractivity contribution in [3.05, 3.63) is 48.6 Å². The average Bonchev–Trinajstić information content (AvgIpc) is 3.26. The van der Waals surface area contributed by atoms with Gasteiger partial charge in [0.15, 0.2) is 0 Å². The molecule has 0 aliphatic heterocycles. The van der Waals surface area contributed by atoms with Gasteiger partial charge >= 0.3 is 5.97 Å². The Kier molecular flexibility index (Phi) is 48.1. The third-order valence-electron chi connectivity index (χ3n) is 12.1. The second-order valence-electron chi connectivity index (χ2n) is 18.2. The molecule has 0 saturated heterocycles.